The maximum Gasteiger partial charge on any atom is 0.325 e. The van der Waals surface area contributed by atoms with Crippen LogP contribution in [0.4, 0.5) is 10.5 Å². The van der Waals surface area contributed by atoms with E-state index in [4.69, 9.17) is 21.1 Å². The van der Waals surface area contributed by atoms with Crippen LogP contribution >= 0.6 is 11.6 Å². The Morgan fingerprint density at radius 1 is 1.13 bits per heavy atom. The van der Waals surface area contributed by atoms with Crippen molar-refractivity contribution in [3.05, 3.63) is 41.7 Å². The Kier molecular flexibility index (Phi) is 6.41. The van der Waals surface area contributed by atoms with Crippen molar-refractivity contribution in [2.45, 2.75) is 18.9 Å². The van der Waals surface area contributed by atoms with Crippen LogP contribution in [0.2, 0.25) is 5.02 Å². The zero-order valence-electron chi connectivity index (χ0n) is 17.2. The van der Waals surface area contributed by atoms with Gasteiger partial charge in [0.1, 0.15) is 12.6 Å². The Hall–Kier alpha value is -3.07. The number of ether oxygens (including phenoxy) is 2. The molecule has 1 unspecified atom stereocenters. The number of hydrogen-bond acceptors (Lipinski definition) is 6. The number of rotatable bonds is 6. The van der Waals surface area contributed by atoms with Crippen molar-refractivity contribution < 1.29 is 19.1 Å². The smallest absolute Gasteiger partial charge is 0.325 e. The molecule has 2 aliphatic rings. The number of anilines is 1. The van der Waals surface area contributed by atoms with Gasteiger partial charge in [-0.2, -0.15) is 0 Å². The molecule has 2 saturated heterocycles. The molecule has 0 radical (unpaired) electrons. The van der Waals surface area contributed by atoms with Crippen LogP contribution in [0, 0.1) is 0 Å². The zero-order valence-corrected chi connectivity index (χ0v) is 18.0. The molecule has 4 rings (SSSR count). The maximum atomic E-state index is 12.9. The molecule has 10 heteroatoms. The van der Waals surface area contributed by atoms with Crippen LogP contribution in [0.1, 0.15) is 12.8 Å². The number of piperidine rings is 1. The largest absolute Gasteiger partial charge is 0.477 e. The number of benzene rings is 1. The quantitative estimate of drug-likeness (QED) is 0.678. The average Bonchev–Trinajstić information content (AvgIpc) is 3.15. The molecule has 9 nitrogen and oxygen atoms in total. The van der Waals surface area contributed by atoms with Gasteiger partial charge in [-0.25, -0.2) is 14.8 Å². The van der Waals surface area contributed by atoms with Crippen molar-refractivity contribution in [1.82, 2.24) is 19.8 Å². The Morgan fingerprint density at radius 2 is 1.87 bits per heavy atom. The van der Waals surface area contributed by atoms with Crippen LogP contribution in [0.3, 0.4) is 0 Å². The number of likely N-dealkylation sites (tertiary alicyclic amines) is 1. The third-order valence-electron chi connectivity index (χ3n) is 5.40. The number of hydrogen-bond donors (Lipinski definition) is 0. The van der Waals surface area contributed by atoms with E-state index in [0.29, 0.717) is 43.0 Å². The topological polar surface area (TPSA) is 88.1 Å². The van der Waals surface area contributed by atoms with Crippen molar-refractivity contribution in [1.29, 1.82) is 0 Å². The molecule has 0 N–H and O–H groups in total. The molecule has 3 amide bonds. The van der Waals surface area contributed by atoms with Gasteiger partial charge < -0.3 is 19.3 Å². The second-order valence-electron chi connectivity index (χ2n) is 7.42. The number of urea groups is 1. The van der Waals surface area contributed by atoms with Crippen LogP contribution in [0.25, 0.3) is 0 Å². The van der Waals surface area contributed by atoms with Crippen LogP contribution in [-0.2, 0) is 4.79 Å². The summed E-state index contributed by atoms with van der Waals surface area (Å²) < 4.78 is 11.1. The second-order valence-corrected chi connectivity index (χ2v) is 7.86. The number of halogens is 1. The summed E-state index contributed by atoms with van der Waals surface area (Å²) in [4.78, 5) is 38.9. The van der Waals surface area contributed by atoms with E-state index in [1.54, 1.807) is 39.0 Å². The third-order valence-corrected chi connectivity index (χ3v) is 5.65. The zero-order chi connectivity index (χ0) is 21.8. The van der Waals surface area contributed by atoms with E-state index in [1.165, 1.54) is 19.5 Å². The summed E-state index contributed by atoms with van der Waals surface area (Å²) in [5.74, 6) is 0.541. The van der Waals surface area contributed by atoms with Gasteiger partial charge in [0.05, 0.1) is 13.7 Å². The summed E-state index contributed by atoms with van der Waals surface area (Å²) in [6.07, 6.45) is 4.47. The fraction of sp³-hybridized carbons (Fsp3) is 0.429. The number of methoxy groups -OCH3 is 1. The Bertz CT molecular complexity index is 942. The lowest BCUT2D eigenvalue weighted by atomic mass is 10.1. The van der Waals surface area contributed by atoms with Gasteiger partial charge in [-0.1, -0.05) is 11.6 Å². The molecular weight excluding hydrogens is 422 g/mol. The minimum atomic E-state index is -0.205. The maximum absolute atomic E-state index is 12.9. The van der Waals surface area contributed by atoms with E-state index in [1.807, 2.05) is 0 Å². The Morgan fingerprint density at radius 3 is 2.61 bits per heavy atom. The first-order chi connectivity index (χ1) is 15.0. The minimum Gasteiger partial charge on any atom is -0.477 e. The average molecular weight is 446 g/mol. The fourth-order valence-electron chi connectivity index (χ4n) is 3.81. The summed E-state index contributed by atoms with van der Waals surface area (Å²) >= 11 is 5.93. The highest BCUT2D eigenvalue weighted by Crippen LogP contribution is 2.25. The Balaban J connectivity index is 1.34. The van der Waals surface area contributed by atoms with Crippen molar-refractivity contribution in [3.63, 3.8) is 0 Å². The Labute approximate surface area is 185 Å². The highest BCUT2D eigenvalue weighted by molar-refractivity contribution is 6.30. The molecule has 2 fully saturated rings. The van der Waals surface area contributed by atoms with E-state index in [2.05, 4.69) is 9.97 Å². The first kappa shape index (κ1) is 21.2. The van der Waals surface area contributed by atoms with E-state index in [9.17, 15) is 9.59 Å². The number of nitrogens with zero attached hydrogens (tertiary/aromatic N) is 5. The molecule has 0 spiro atoms. The van der Waals surface area contributed by atoms with Crippen molar-refractivity contribution in [2.75, 3.05) is 44.7 Å². The van der Waals surface area contributed by atoms with Crippen LogP contribution in [0.5, 0.6) is 11.8 Å². The monoisotopic (exact) mass is 445 g/mol. The molecule has 3 heterocycles. The van der Waals surface area contributed by atoms with Gasteiger partial charge in [0.2, 0.25) is 5.91 Å². The third kappa shape index (κ3) is 4.82. The highest BCUT2D eigenvalue weighted by Gasteiger charge is 2.33. The molecule has 1 aromatic carbocycles. The predicted molar refractivity (Wildman–Crippen MR) is 115 cm³/mol. The van der Waals surface area contributed by atoms with Gasteiger partial charge in [0, 0.05) is 42.7 Å². The van der Waals surface area contributed by atoms with Crippen molar-refractivity contribution in [3.8, 4) is 11.8 Å². The summed E-state index contributed by atoms with van der Waals surface area (Å²) in [5, 5.41) is 0.614. The van der Waals surface area contributed by atoms with E-state index < -0.39 is 0 Å². The molecule has 2 aliphatic heterocycles. The van der Waals surface area contributed by atoms with Gasteiger partial charge in [-0.3, -0.25) is 9.69 Å². The van der Waals surface area contributed by atoms with Crippen LogP contribution < -0.4 is 14.4 Å². The highest BCUT2D eigenvalue weighted by atomic mass is 35.5. The number of carbonyl (C=O) groups excluding carboxylic acids is 2. The second kappa shape index (κ2) is 9.38. The molecule has 31 heavy (non-hydrogen) atoms. The van der Waals surface area contributed by atoms with Gasteiger partial charge in [-0.15, -0.1) is 0 Å². The molecule has 0 bridgehead atoms. The molecular formula is C21H24ClN5O4. The molecule has 0 aliphatic carbocycles. The number of aromatic nitrogens is 2. The van der Waals surface area contributed by atoms with Gasteiger partial charge >= 0.3 is 6.03 Å². The van der Waals surface area contributed by atoms with Gasteiger partial charge in [-0.05, 0) is 37.1 Å². The van der Waals surface area contributed by atoms with Crippen LogP contribution in [0.15, 0.2) is 36.7 Å². The molecule has 1 aromatic heterocycles. The van der Waals surface area contributed by atoms with Crippen LogP contribution in [-0.4, -0.2) is 77.6 Å². The normalized spacial score (nSPS) is 19.0. The van der Waals surface area contributed by atoms with Gasteiger partial charge in [0.15, 0.2) is 0 Å². The molecule has 0 saturated carbocycles. The van der Waals surface area contributed by atoms with Crippen molar-refractivity contribution in [2.24, 2.45) is 0 Å². The van der Waals surface area contributed by atoms with Crippen molar-refractivity contribution >= 4 is 29.2 Å². The lowest BCUT2D eigenvalue weighted by Crippen LogP contribution is -2.48. The summed E-state index contributed by atoms with van der Waals surface area (Å²) in [6, 6.07) is 6.93. The standard InChI is InChI=1S/C21H24ClN5O4/c1-30-19-20(24-9-8-23-19)31-17-3-2-10-25(13-17)18(28)14-26-11-12-27(21(26)29)16-6-4-15(22)5-7-16/h4-9,17H,2-3,10-14H2,1H3. The van der Waals surface area contributed by atoms with Gasteiger partial charge in [0.25, 0.3) is 11.8 Å². The van der Waals surface area contributed by atoms with E-state index >= 15 is 0 Å². The minimum absolute atomic E-state index is 0.0457. The van der Waals surface area contributed by atoms with E-state index in [0.717, 1.165) is 18.5 Å². The fourth-order valence-corrected chi connectivity index (χ4v) is 3.93. The summed E-state index contributed by atoms with van der Waals surface area (Å²) in [7, 11) is 1.51. The first-order valence-electron chi connectivity index (χ1n) is 10.2. The molecule has 1 atom stereocenters. The lowest BCUT2D eigenvalue weighted by molar-refractivity contribution is -0.134. The lowest BCUT2D eigenvalue weighted by Gasteiger charge is -2.33. The number of amides is 3. The van der Waals surface area contributed by atoms with E-state index in [-0.39, 0.29) is 24.6 Å². The first-order valence-corrected chi connectivity index (χ1v) is 10.5. The molecule has 2 aromatic rings. The predicted octanol–water partition coefficient (Wildman–Crippen LogP) is 2.45. The number of carbonyl (C=O) groups is 2. The SMILES string of the molecule is COc1nccnc1OC1CCCN(C(=O)CN2CCN(c3ccc(Cl)cc3)C2=O)C1. The molecule has 164 valence electrons. The summed E-state index contributed by atoms with van der Waals surface area (Å²) in [5.41, 5.74) is 0.772. The summed E-state index contributed by atoms with van der Waals surface area (Å²) in [6.45, 7) is 2.15.